The third kappa shape index (κ3) is 5.19. The number of carbonyl (C=O) groups excluding carboxylic acids is 2. The first-order valence-corrected chi connectivity index (χ1v) is 13.2. The summed E-state index contributed by atoms with van der Waals surface area (Å²) in [5, 5.41) is 10.8. The van der Waals surface area contributed by atoms with Crippen molar-refractivity contribution in [3.05, 3.63) is 71.3 Å². The first-order chi connectivity index (χ1) is 17.2. The van der Waals surface area contributed by atoms with Crippen molar-refractivity contribution >= 4 is 21.7 Å². The molecular weight excluding hydrogens is 484 g/mol. The second kappa shape index (κ2) is 10.9. The number of rotatable bonds is 9. The van der Waals surface area contributed by atoms with Crippen LogP contribution in [0.15, 0.2) is 65.0 Å². The Morgan fingerprint density at radius 3 is 2.44 bits per heavy atom. The van der Waals surface area contributed by atoms with Crippen LogP contribution in [0.4, 0.5) is 0 Å². The lowest BCUT2D eigenvalue weighted by Gasteiger charge is -2.29. The number of Topliss-reactive ketones (excluding diaryl/α,β-unsaturated/α-hetero) is 1. The van der Waals surface area contributed by atoms with Gasteiger partial charge in [-0.2, -0.15) is 0 Å². The summed E-state index contributed by atoms with van der Waals surface area (Å²) in [4.78, 5) is 34.6. The molecule has 4 rings (SSSR count). The fourth-order valence-corrected chi connectivity index (χ4v) is 5.34. The van der Waals surface area contributed by atoms with Gasteiger partial charge in [0.05, 0.1) is 29.7 Å². The van der Waals surface area contributed by atoms with Crippen molar-refractivity contribution in [2.24, 2.45) is 0 Å². The van der Waals surface area contributed by atoms with Gasteiger partial charge < -0.3 is 14.7 Å². The van der Waals surface area contributed by atoms with Crippen molar-refractivity contribution in [3.8, 4) is 0 Å². The minimum Gasteiger partial charge on any atom is -0.503 e. The van der Waals surface area contributed by atoms with Crippen molar-refractivity contribution in [3.63, 3.8) is 0 Å². The second-order valence-electron chi connectivity index (χ2n) is 8.90. The number of hydrogen-bond donors (Lipinski definition) is 1. The largest absolute Gasteiger partial charge is 0.503 e. The molecule has 11 heteroatoms. The maximum atomic E-state index is 13.5. The summed E-state index contributed by atoms with van der Waals surface area (Å²) in [7, 11) is -0.814. The lowest BCUT2D eigenvalue weighted by Crippen LogP contribution is -2.39. The summed E-state index contributed by atoms with van der Waals surface area (Å²) in [5.74, 6) is -1.75. The number of amides is 1. The summed E-state index contributed by atoms with van der Waals surface area (Å²) in [5.41, 5.74) is 0.741. The van der Waals surface area contributed by atoms with Crippen LogP contribution in [-0.2, 0) is 19.6 Å². The quantitative estimate of drug-likeness (QED) is 0.502. The summed E-state index contributed by atoms with van der Waals surface area (Å²) >= 11 is 0. The molecule has 0 aliphatic carbocycles. The van der Waals surface area contributed by atoms with E-state index in [-0.39, 0.29) is 16.0 Å². The first kappa shape index (κ1) is 26.0. The number of aliphatic hydroxyl groups excluding tert-OH is 1. The Labute approximate surface area is 210 Å². The monoisotopic (exact) mass is 514 g/mol. The summed E-state index contributed by atoms with van der Waals surface area (Å²) in [6.45, 7) is 4.11. The molecule has 10 nitrogen and oxygen atoms in total. The van der Waals surface area contributed by atoms with E-state index in [1.165, 1.54) is 43.3 Å². The zero-order valence-corrected chi connectivity index (χ0v) is 21.1. The third-order valence-electron chi connectivity index (χ3n) is 6.42. The highest BCUT2D eigenvalue weighted by atomic mass is 32.2. The number of benzene rings is 1. The second-order valence-corrected chi connectivity index (χ2v) is 11.1. The van der Waals surface area contributed by atoms with E-state index >= 15 is 0 Å². The molecule has 1 unspecified atom stereocenters. The Hall–Kier alpha value is -3.12. The fourth-order valence-electron chi connectivity index (χ4n) is 4.43. The van der Waals surface area contributed by atoms with Gasteiger partial charge in [-0.1, -0.05) is 6.07 Å². The lowest BCUT2D eigenvalue weighted by molar-refractivity contribution is -0.129. The zero-order valence-electron chi connectivity index (χ0n) is 20.3. The van der Waals surface area contributed by atoms with Gasteiger partial charge in [-0.3, -0.25) is 19.5 Å². The number of aliphatic hydroxyl groups is 1. The van der Waals surface area contributed by atoms with Crippen LogP contribution in [0.25, 0.3) is 0 Å². The Morgan fingerprint density at radius 1 is 1.14 bits per heavy atom. The lowest BCUT2D eigenvalue weighted by atomic mass is 9.93. The van der Waals surface area contributed by atoms with E-state index in [1.54, 1.807) is 24.5 Å². The molecule has 1 aromatic heterocycles. The van der Waals surface area contributed by atoms with Crippen molar-refractivity contribution in [1.82, 2.24) is 19.1 Å². The van der Waals surface area contributed by atoms with Gasteiger partial charge in [0.1, 0.15) is 0 Å². The first-order valence-electron chi connectivity index (χ1n) is 11.7. The van der Waals surface area contributed by atoms with Gasteiger partial charge in [-0.25, -0.2) is 12.7 Å². The summed E-state index contributed by atoms with van der Waals surface area (Å²) < 4.78 is 31.2. The molecule has 2 aliphatic rings. The van der Waals surface area contributed by atoms with Crippen LogP contribution in [0.3, 0.4) is 0 Å². The molecule has 1 amide bonds. The molecule has 192 valence electrons. The number of carbonyl (C=O) groups is 2. The van der Waals surface area contributed by atoms with Gasteiger partial charge in [-0.15, -0.1) is 0 Å². The van der Waals surface area contributed by atoms with Gasteiger partial charge in [0.2, 0.25) is 10.0 Å². The number of aromatic nitrogens is 1. The van der Waals surface area contributed by atoms with Crippen LogP contribution in [0, 0.1) is 0 Å². The number of hydrogen-bond acceptors (Lipinski definition) is 8. The molecule has 0 bridgehead atoms. The van der Waals surface area contributed by atoms with Crippen molar-refractivity contribution in [2.45, 2.75) is 17.4 Å². The number of morpholine rings is 1. The van der Waals surface area contributed by atoms with Gasteiger partial charge in [0.25, 0.3) is 5.91 Å². The molecule has 1 fully saturated rings. The predicted octanol–water partition coefficient (Wildman–Crippen LogP) is 1.63. The minimum absolute atomic E-state index is 0.0393. The van der Waals surface area contributed by atoms with E-state index < -0.39 is 33.5 Å². The Morgan fingerprint density at radius 2 is 1.83 bits per heavy atom. The fraction of sp³-hybridized carbons (Fsp3) is 0.400. The molecule has 0 spiro atoms. The van der Waals surface area contributed by atoms with Crippen molar-refractivity contribution in [2.75, 3.05) is 53.5 Å². The third-order valence-corrected chi connectivity index (χ3v) is 8.25. The Kier molecular flexibility index (Phi) is 7.84. The van der Waals surface area contributed by atoms with Crippen molar-refractivity contribution < 1.29 is 27.9 Å². The van der Waals surface area contributed by atoms with E-state index in [1.807, 2.05) is 0 Å². The minimum atomic E-state index is -3.66. The molecule has 3 heterocycles. The molecule has 36 heavy (non-hydrogen) atoms. The SMILES string of the molecule is CN(C)S(=O)(=O)c1ccc(C(=O)C2=C(O)C(=O)N(CCCN3CCOCC3)C2c2cccnc2)cc1. The van der Waals surface area contributed by atoms with Crippen LogP contribution in [0.1, 0.15) is 28.4 Å². The molecule has 1 N–H and O–H groups in total. The number of nitrogens with zero attached hydrogens (tertiary/aromatic N) is 4. The van der Waals surface area contributed by atoms with Gasteiger partial charge >= 0.3 is 0 Å². The van der Waals surface area contributed by atoms with E-state index in [9.17, 15) is 23.1 Å². The molecule has 1 atom stereocenters. The Bertz CT molecular complexity index is 1240. The molecular formula is C25H30N4O6S. The number of ketones is 1. The number of pyridine rings is 1. The van der Waals surface area contributed by atoms with Crippen molar-refractivity contribution in [1.29, 1.82) is 0 Å². The van der Waals surface area contributed by atoms with Crippen LogP contribution < -0.4 is 0 Å². The zero-order chi connectivity index (χ0) is 25.9. The normalized spacial score (nSPS) is 19.4. The smallest absolute Gasteiger partial charge is 0.290 e. The standard InChI is InChI=1S/C25H30N4O6S/c1-27(2)36(33,34)20-8-6-18(7-9-20)23(30)21-22(19-5-3-10-26-17-19)29(25(32)24(21)31)12-4-11-28-13-15-35-16-14-28/h3,5-10,17,22,31H,4,11-16H2,1-2H3. The van der Waals surface area contributed by atoms with Crippen LogP contribution >= 0.6 is 0 Å². The van der Waals surface area contributed by atoms with Crippen LogP contribution in [-0.4, -0.2) is 97.8 Å². The number of sulfonamides is 1. The average molecular weight is 515 g/mol. The van der Waals surface area contributed by atoms with E-state index in [0.717, 1.165) is 23.9 Å². The summed E-state index contributed by atoms with van der Waals surface area (Å²) in [6, 6.07) is 8.15. The van der Waals surface area contributed by atoms with E-state index in [0.29, 0.717) is 31.7 Å². The van der Waals surface area contributed by atoms with Gasteiger partial charge in [0.15, 0.2) is 11.5 Å². The molecule has 2 aliphatic heterocycles. The maximum Gasteiger partial charge on any atom is 0.290 e. The molecule has 2 aromatic rings. The Balaban J connectivity index is 1.60. The highest BCUT2D eigenvalue weighted by molar-refractivity contribution is 7.89. The average Bonchev–Trinajstić information content (AvgIpc) is 3.14. The van der Waals surface area contributed by atoms with E-state index in [4.69, 9.17) is 4.74 Å². The molecule has 1 aromatic carbocycles. The molecule has 0 saturated carbocycles. The van der Waals surface area contributed by atoms with Gasteiger partial charge in [-0.05, 0) is 42.3 Å². The topological polar surface area (TPSA) is 120 Å². The van der Waals surface area contributed by atoms with E-state index in [2.05, 4.69) is 9.88 Å². The highest BCUT2D eigenvalue weighted by Crippen LogP contribution is 2.38. The van der Waals surface area contributed by atoms with Crippen LogP contribution in [0.2, 0.25) is 0 Å². The summed E-state index contributed by atoms with van der Waals surface area (Å²) in [6.07, 6.45) is 3.83. The molecule has 1 saturated heterocycles. The highest BCUT2D eigenvalue weighted by Gasteiger charge is 2.43. The predicted molar refractivity (Wildman–Crippen MR) is 132 cm³/mol. The molecule has 0 radical (unpaired) electrons. The number of ether oxygens (including phenoxy) is 1. The van der Waals surface area contributed by atoms with Gasteiger partial charge in [0, 0.05) is 58.2 Å². The maximum absolute atomic E-state index is 13.5. The van der Waals surface area contributed by atoms with Crippen LogP contribution in [0.5, 0.6) is 0 Å².